The topological polar surface area (TPSA) is 237 Å². The van der Waals surface area contributed by atoms with Crippen molar-refractivity contribution < 1.29 is 71.4 Å². The molecule has 0 bridgehead atoms. The van der Waals surface area contributed by atoms with Crippen LogP contribution in [0.2, 0.25) is 18.1 Å². The van der Waals surface area contributed by atoms with E-state index in [9.17, 15) is 34.6 Å². The first-order valence-corrected chi connectivity index (χ1v) is 19.4. The van der Waals surface area contributed by atoms with E-state index in [0.29, 0.717) is 0 Å². The van der Waals surface area contributed by atoms with Crippen LogP contribution < -0.4 is 0 Å². The van der Waals surface area contributed by atoms with Gasteiger partial charge in [0, 0.05) is 32.6 Å². The number of nitrogens with zero attached hydrogens (tertiary/aromatic N) is 3. The van der Waals surface area contributed by atoms with Crippen molar-refractivity contribution in [3.63, 3.8) is 0 Å². The number of rotatable bonds is 13. The number of carbonyl (C=O) groups is 5. The third kappa shape index (κ3) is 11.2. The number of hydrogen-bond acceptors (Lipinski definition) is 16. The Labute approximate surface area is 302 Å². The number of carbonyl (C=O) groups excluding carboxylic acids is 5. The number of esters is 5. The highest BCUT2D eigenvalue weighted by atomic mass is 28.4. The Morgan fingerprint density at radius 2 is 1.33 bits per heavy atom. The van der Waals surface area contributed by atoms with Crippen molar-refractivity contribution >= 4 is 38.2 Å². The second-order valence-electron chi connectivity index (χ2n) is 13.7. The summed E-state index contributed by atoms with van der Waals surface area (Å²) >= 11 is 0. The first kappa shape index (κ1) is 42.3. The van der Waals surface area contributed by atoms with Crippen molar-refractivity contribution in [2.45, 2.75) is 128 Å². The van der Waals surface area contributed by atoms with Crippen LogP contribution in [0.3, 0.4) is 0 Å². The molecule has 288 valence electrons. The Morgan fingerprint density at radius 3 is 1.87 bits per heavy atom. The number of aliphatic hydroxyl groups is 1. The maximum Gasteiger partial charge on any atom is 0.338 e. The van der Waals surface area contributed by atoms with Crippen molar-refractivity contribution in [1.29, 1.82) is 0 Å². The molecule has 1 N–H and O–H groups in total. The molecule has 2 heterocycles. The summed E-state index contributed by atoms with van der Waals surface area (Å²) in [6.45, 7) is 13.0. The largest absolute Gasteiger partial charge is 0.463 e. The molecule has 1 aromatic rings. The molecule has 2 saturated heterocycles. The monoisotopic (exact) mass is 753 g/mol. The second-order valence-corrected chi connectivity index (χ2v) is 18.5. The van der Waals surface area contributed by atoms with Gasteiger partial charge in [-0.1, -0.05) is 44.1 Å². The first-order chi connectivity index (χ1) is 24.2. The summed E-state index contributed by atoms with van der Waals surface area (Å²) in [7, 11) is -2.72. The summed E-state index contributed by atoms with van der Waals surface area (Å²) in [6, 6.07) is 6.66. The van der Waals surface area contributed by atoms with Gasteiger partial charge in [-0.15, -0.1) is 0 Å². The van der Waals surface area contributed by atoms with Gasteiger partial charge in [-0.05, 0) is 35.8 Å². The van der Waals surface area contributed by atoms with E-state index in [0.717, 1.165) is 27.7 Å². The molecule has 10 atom stereocenters. The molecule has 0 saturated carbocycles. The number of ether oxygens (including phenoxy) is 8. The fourth-order valence-corrected chi connectivity index (χ4v) is 6.34. The van der Waals surface area contributed by atoms with Crippen LogP contribution in [0.25, 0.3) is 10.4 Å². The number of aliphatic hydroxyl groups excluding tert-OH is 1. The van der Waals surface area contributed by atoms with Gasteiger partial charge in [0.25, 0.3) is 0 Å². The minimum Gasteiger partial charge on any atom is -0.463 e. The lowest BCUT2D eigenvalue weighted by atomic mass is 9.95. The lowest BCUT2D eigenvalue weighted by Gasteiger charge is -2.49. The van der Waals surface area contributed by atoms with E-state index in [4.69, 9.17) is 42.3 Å². The van der Waals surface area contributed by atoms with Gasteiger partial charge < -0.3 is 47.4 Å². The lowest BCUT2D eigenvalue weighted by molar-refractivity contribution is -0.341. The Bertz CT molecular complexity index is 1480. The number of hydrogen-bond donors (Lipinski definition) is 1. The quantitative estimate of drug-likeness (QED) is 0.0761. The molecule has 19 heteroatoms. The predicted molar refractivity (Wildman–Crippen MR) is 179 cm³/mol. The van der Waals surface area contributed by atoms with E-state index in [2.05, 4.69) is 10.0 Å². The fourth-order valence-electron chi connectivity index (χ4n) is 5.21. The van der Waals surface area contributed by atoms with Gasteiger partial charge in [0.2, 0.25) is 0 Å². The van der Waals surface area contributed by atoms with E-state index < -0.39 is 113 Å². The molecule has 2 aliphatic heterocycles. The molecule has 0 radical (unpaired) electrons. The van der Waals surface area contributed by atoms with Crippen LogP contribution in [0.15, 0.2) is 35.4 Å². The van der Waals surface area contributed by atoms with Crippen molar-refractivity contribution in [1.82, 2.24) is 0 Å². The zero-order valence-electron chi connectivity index (χ0n) is 30.6. The number of azide groups is 1. The minimum atomic E-state index is -2.72. The first-order valence-electron chi connectivity index (χ1n) is 16.5. The van der Waals surface area contributed by atoms with E-state index in [1.807, 2.05) is 33.9 Å². The van der Waals surface area contributed by atoms with E-state index >= 15 is 0 Å². The molecule has 3 rings (SSSR count). The molecule has 52 heavy (non-hydrogen) atoms. The van der Waals surface area contributed by atoms with Crippen LogP contribution in [-0.4, -0.2) is 118 Å². The zero-order chi connectivity index (χ0) is 39.0. The predicted octanol–water partition coefficient (Wildman–Crippen LogP) is 3.10. The molecule has 2 aliphatic rings. The Morgan fingerprint density at radius 1 is 0.788 bits per heavy atom. The SMILES string of the molecule is CC(=O)OC[C@H]1O[C@@H](O[C@H]2[C@@H](O)[C@@H](COC(=O)c3ccccc3)O[C@@H](O[Si](C)(C)C(C)(C)C)[C@@H]2N=[N+]=[N-])[C@H](OC(C)=O)[C@@H](OC(C)=O)[C@H]1OC(C)=O. The lowest BCUT2D eigenvalue weighted by Crippen LogP contribution is -2.67. The highest BCUT2D eigenvalue weighted by Crippen LogP contribution is 2.41. The third-order valence-electron chi connectivity index (χ3n) is 8.67. The maximum atomic E-state index is 12.9. The van der Waals surface area contributed by atoms with Crippen LogP contribution in [0.1, 0.15) is 58.8 Å². The normalized spacial score (nSPS) is 29.1. The maximum absolute atomic E-state index is 12.9. The molecule has 0 unspecified atom stereocenters. The second kappa shape index (κ2) is 18.1. The summed E-state index contributed by atoms with van der Waals surface area (Å²) in [5.41, 5.74) is 9.90. The van der Waals surface area contributed by atoms with Gasteiger partial charge >= 0.3 is 29.8 Å². The average Bonchev–Trinajstić information content (AvgIpc) is 3.04. The van der Waals surface area contributed by atoms with Crippen molar-refractivity contribution in [2.75, 3.05) is 13.2 Å². The van der Waals surface area contributed by atoms with E-state index in [1.165, 1.54) is 12.1 Å². The molecule has 2 fully saturated rings. The minimum absolute atomic E-state index is 0.235. The van der Waals surface area contributed by atoms with Crippen LogP contribution in [0, 0.1) is 0 Å². The van der Waals surface area contributed by atoms with Gasteiger partial charge in [-0.3, -0.25) is 19.2 Å². The van der Waals surface area contributed by atoms with E-state index in [-0.39, 0.29) is 10.6 Å². The Balaban J connectivity index is 2.11. The van der Waals surface area contributed by atoms with Gasteiger partial charge in [0.1, 0.15) is 43.7 Å². The standard InChI is InChI=1S/C33H47N3O15Si/c1-17(37)43-16-23-26(45-18(2)38)28(46-19(3)39)29(47-20(4)40)32(49-23)50-27-24(35-36-34)31(51-52(8,9)33(5,6)7)48-22(25(27)41)15-44-30(42)21-13-11-10-12-14-21/h10-14,22-29,31-32,41H,15-16H2,1-9H3/t22-,23-,24-,25+,26+,27-,28+,29-,31+,32+/m1/s1. The summed E-state index contributed by atoms with van der Waals surface area (Å²) < 4.78 is 52.1. The summed E-state index contributed by atoms with van der Waals surface area (Å²) in [4.78, 5) is 64.5. The summed E-state index contributed by atoms with van der Waals surface area (Å²) in [5, 5.41) is 15.2. The van der Waals surface area contributed by atoms with Crippen LogP contribution in [0.5, 0.6) is 0 Å². The van der Waals surface area contributed by atoms with Gasteiger partial charge in [-0.2, -0.15) is 0 Å². The van der Waals surface area contributed by atoms with Crippen molar-refractivity contribution in [2.24, 2.45) is 5.11 Å². The summed E-state index contributed by atoms with van der Waals surface area (Å²) in [5.74, 6) is -4.03. The third-order valence-corrected chi connectivity index (χ3v) is 13.1. The van der Waals surface area contributed by atoms with Gasteiger partial charge in [-0.25, -0.2) is 4.79 Å². The van der Waals surface area contributed by atoms with E-state index in [1.54, 1.807) is 18.2 Å². The molecule has 0 spiro atoms. The highest BCUT2D eigenvalue weighted by Gasteiger charge is 2.56. The molecule has 1 aromatic carbocycles. The number of benzene rings is 1. The Kier molecular flexibility index (Phi) is 14.7. The summed E-state index contributed by atoms with van der Waals surface area (Å²) in [6.07, 6.45) is -13.8. The zero-order valence-corrected chi connectivity index (χ0v) is 31.6. The molecular formula is C33H47N3O15Si. The molecular weight excluding hydrogens is 706 g/mol. The highest BCUT2D eigenvalue weighted by molar-refractivity contribution is 6.74. The molecule has 0 amide bonds. The average molecular weight is 754 g/mol. The van der Waals surface area contributed by atoms with Gasteiger partial charge in [0.05, 0.1) is 5.56 Å². The fraction of sp³-hybridized carbons (Fsp3) is 0.667. The Hall–Kier alpha value is -4.10. The molecule has 0 aliphatic carbocycles. The van der Waals surface area contributed by atoms with Crippen molar-refractivity contribution in [3.8, 4) is 0 Å². The van der Waals surface area contributed by atoms with Gasteiger partial charge in [0.15, 0.2) is 39.2 Å². The smallest absolute Gasteiger partial charge is 0.338 e. The van der Waals surface area contributed by atoms with Crippen molar-refractivity contribution in [3.05, 3.63) is 46.3 Å². The molecule has 18 nitrogen and oxygen atoms in total. The van der Waals surface area contributed by atoms with Crippen LogP contribution >= 0.6 is 0 Å². The molecule has 0 aromatic heterocycles. The van der Waals surface area contributed by atoms with Crippen LogP contribution in [0.4, 0.5) is 0 Å². The van der Waals surface area contributed by atoms with Crippen LogP contribution in [-0.2, 0) is 61.5 Å².